The van der Waals surface area contributed by atoms with Crippen molar-refractivity contribution in [1.29, 1.82) is 0 Å². The highest BCUT2D eigenvalue weighted by molar-refractivity contribution is 7.47. The van der Waals surface area contributed by atoms with Gasteiger partial charge >= 0.3 is 13.8 Å². The molecule has 9 nitrogen and oxygen atoms in total. The van der Waals surface area contributed by atoms with Gasteiger partial charge in [-0.05, 0) is 89.9 Å². The first-order valence-electron chi connectivity index (χ1n) is 23.9. The molecule has 0 aromatic heterocycles. The number of esters is 1. The quantitative estimate of drug-likeness (QED) is 0.0237. The summed E-state index contributed by atoms with van der Waals surface area (Å²) in [6.07, 6.45) is 62.1. The number of rotatable bonds is 44. The average Bonchev–Trinajstić information content (AvgIpc) is 3.26. The predicted molar refractivity (Wildman–Crippen MR) is 260 cm³/mol. The van der Waals surface area contributed by atoms with Gasteiger partial charge in [-0.2, -0.15) is 0 Å². The zero-order valence-corrected chi connectivity index (χ0v) is 39.7. The van der Waals surface area contributed by atoms with Crippen LogP contribution in [0.1, 0.15) is 168 Å². The summed E-state index contributed by atoms with van der Waals surface area (Å²) in [5.41, 5.74) is 0. The van der Waals surface area contributed by atoms with Crippen molar-refractivity contribution in [2.45, 2.75) is 180 Å². The van der Waals surface area contributed by atoms with Crippen molar-refractivity contribution in [2.24, 2.45) is 0 Å². The molecule has 3 atom stereocenters. The van der Waals surface area contributed by atoms with Crippen LogP contribution in [0, 0.1) is 0 Å². The van der Waals surface area contributed by atoms with Crippen molar-refractivity contribution in [3.63, 3.8) is 0 Å². The van der Waals surface area contributed by atoms with Gasteiger partial charge in [0.1, 0.15) is 12.2 Å². The average molecular weight is 887 g/mol. The number of carbonyl (C=O) groups is 1. The van der Waals surface area contributed by atoms with Crippen molar-refractivity contribution in [3.8, 4) is 0 Å². The molecule has 0 aromatic rings. The summed E-state index contributed by atoms with van der Waals surface area (Å²) in [5.74, 6) is -0.472. The van der Waals surface area contributed by atoms with Gasteiger partial charge in [-0.3, -0.25) is 13.8 Å². The fourth-order valence-corrected chi connectivity index (χ4v) is 6.65. The Morgan fingerprint density at radius 3 is 1.39 bits per heavy atom. The molecule has 62 heavy (non-hydrogen) atoms. The molecule has 0 rings (SSSR count). The highest BCUT2D eigenvalue weighted by Gasteiger charge is 2.26. The Morgan fingerprint density at radius 2 is 0.919 bits per heavy atom. The molecule has 0 radical (unpaired) electrons. The lowest BCUT2D eigenvalue weighted by molar-refractivity contribution is -0.154. The standard InChI is InChI=1S/C52H87O9P/c1-3-5-7-9-11-13-15-17-19-21-23-24-25-27-29-31-33-35-37-39-41-43-45-58-48-51(49-60-62(56,57)59-47-50(54)46-53)61-52(55)44-42-40-38-36-34-32-30-28-26-22-20-18-16-14-12-10-8-6-4-2/h6,8,12,14-15,17-18,20-21,23,25-28,32,34,38,40,50-51,53-54H,3-5,7,9-11,13,16,19,22,24,29-31,33,35-37,39,41-49H2,1-2H3,(H,56,57)/b8-6-,14-12-,17-15-,20-18-,23-21-,27-25-,28-26-,34-32-,40-38-. The molecule has 3 N–H and O–H groups in total. The second-order valence-electron chi connectivity index (χ2n) is 15.4. The van der Waals surface area contributed by atoms with E-state index in [4.69, 9.17) is 23.6 Å². The maximum atomic E-state index is 12.6. The fraction of sp³-hybridized carbons (Fsp3) is 0.635. The van der Waals surface area contributed by atoms with Crippen LogP contribution in [-0.2, 0) is 27.9 Å². The van der Waals surface area contributed by atoms with E-state index in [1.54, 1.807) is 0 Å². The highest BCUT2D eigenvalue weighted by Crippen LogP contribution is 2.43. The van der Waals surface area contributed by atoms with Gasteiger partial charge in [0.2, 0.25) is 0 Å². The Labute approximate surface area is 378 Å². The van der Waals surface area contributed by atoms with Crippen molar-refractivity contribution in [2.75, 3.05) is 33.0 Å². The summed E-state index contributed by atoms with van der Waals surface area (Å²) < 4.78 is 33.4. The number of phosphoric acid groups is 1. The lowest BCUT2D eigenvalue weighted by Crippen LogP contribution is -2.29. The van der Waals surface area contributed by atoms with E-state index < -0.39 is 45.8 Å². The maximum Gasteiger partial charge on any atom is 0.472 e. The minimum atomic E-state index is -4.55. The number of unbranched alkanes of at least 4 members (excludes halogenated alkanes) is 12. The van der Waals surface area contributed by atoms with Gasteiger partial charge in [-0.15, -0.1) is 0 Å². The first kappa shape index (κ1) is 59.1. The van der Waals surface area contributed by atoms with E-state index in [2.05, 4.69) is 111 Å². The molecule has 0 aromatic carbocycles. The molecular weight excluding hydrogens is 800 g/mol. The fourth-order valence-electron chi connectivity index (χ4n) is 5.86. The molecule has 0 aliphatic carbocycles. The van der Waals surface area contributed by atoms with Crippen LogP contribution in [0.2, 0.25) is 0 Å². The SMILES string of the molecule is CC/C=C\C/C=C\C/C=C\C/C=C\C/C=C\C/C=C\CCC(=O)OC(COCCCCCCCCC/C=C\C/C=C\C/C=C\CCCCCCC)COP(=O)(O)OCC(O)CO. The van der Waals surface area contributed by atoms with Crippen LogP contribution in [0.25, 0.3) is 0 Å². The molecular formula is C52H87O9P. The summed E-state index contributed by atoms with van der Waals surface area (Å²) in [4.78, 5) is 22.6. The molecule has 0 saturated carbocycles. The smallest absolute Gasteiger partial charge is 0.457 e. The molecule has 354 valence electrons. The number of carbonyl (C=O) groups excluding carboxylic acids is 1. The summed E-state index contributed by atoms with van der Waals surface area (Å²) in [5, 5.41) is 18.4. The van der Waals surface area contributed by atoms with E-state index in [9.17, 15) is 19.4 Å². The summed E-state index contributed by atoms with van der Waals surface area (Å²) in [6.45, 7) is 3.24. The molecule has 0 spiro atoms. The van der Waals surface area contributed by atoms with Crippen molar-refractivity contribution in [1.82, 2.24) is 0 Å². The zero-order chi connectivity index (χ0) is 45.3. The van der Waals surface area contributed by atoms with Crippen LogP contribution in [0.5, 0.6) is 0 Å². The predicted octanol–water partition coefficient (Wildman–Crippen LogP) is 13.8. The van der Waals surface area contributed by atoms with Crippen LogP contribution < -0.4 is 0 Å². The molecule has 0 heterocycles. The Hall–Kier alpha value is -2.88. The number of ether oxygens (including phenoxy) is 2. The van der Waals surface area contributed by atoms with E-state index in [1.165, 1.54) is 64.2 Å². The number of hydrogen-bond acceptors (Lipinski definition) is 8. The van der Waals surface area contributed by atoms with E-state index in [1.807, 2.05) is 12.2 Å². The van der Waals surface area contributed by atoms with Crippen molar-refractivity contribution >= 4 is 13.8 Å². The van der Waals surface area contributed by atoms with Crippen LogP contribution >= 0.6 is 7.82 Å². The number of aliphatic hydroxyl groups excluding tert-OH is 2. The van der Waals surface area contributed by atoms with Crippen LogP contribution in [-0.4, -0.2) is 66.3 Å². The molecule has 0 aliphatic heterocycles. The Morgan fingerprint density at radius 1 is 0.516 bits per heavy atom. The number of hydrogen-bond donors (Lipinski definition) is 3. The van der Waals surface area contributed by atoms with E-state index in [-0.39, 0.29) is 13.0 Å². The van der Waals surface area contributed by atoms with Crippen molar-refractivity contribution in [3.05, 3.63) is 109 Å². The highest BCUT2D eigenvalue weighted by atomic mass is 31.2. The van der Waals surface area contributed by atoms with Crippen LogP contribution in [0.15, 0.2) is 109 Å². The molecule has 3 unspecified atom stereocenters. The maximum absolute atomic E-state index is 12.6. The topological polar surface area (TPSA) is 132 Å². The second-order valence-corrected chi connectivity index (χ2v) is 16.8. The third kappa shape index (κ3) is 46.6. The molecule has 0 amide bonds. The monoisotopic (exact) mass is 887 g/mol. The summed E-state index contributed by atoms with van der Waals surface area (Å²) >= 11 is 0. The van der Waals surface area contributed by atoms with Gasteiger partial charge < -0.3 is 24.6 Å². The third-order valence-corrected chi connectivity index (χ3v) is 10.4. The Kier molecular flexibility index (Phi) is 45.4. The van der Waals surface area contributed by atoms with Gasteiger partial charge in [0.25, 0.3) is 0 Å². The van der Waals surface area contributed by atoms with Gasteiger partial charge in [0, 0.05) is 13.0 Å². The lowest BCUT2D eigenvalue weighted by atomic mass is 10.1. The van der Waals surface area contributed by atoms with E-state index in [0.717, 1.165) is 77.0 Å². The first-order valence-corrected chi connectivity index (χ1v) is 25.4. The largest absolute Gasteiger partial charge is 0.472 e. The number of phosphoric ester groups is 1. The number of allylic oxidation sites excluding steroid dienone is 18. The zero-order valence-electron chi connectivity index (χ0n) is 38.8. The first-order chi connectivity index (χ1) is 30.3. The lowest BCUT2D eigenvalue weighted by Gasteiger charge is -2.20. The summed E-state index contributed by atoms with van der Waals surface area (Å²) in [6, 6.07) is 0. The summed E-state index contributed by atoms with van der Waals surface area (Å²) in [7, 11) is -4.55. The third-order valence-electron chi connectivity index (χ3n) is 9.46. The molecule has 0 aliphatic rings. The van der Waals surface area contributed by atoms with Gasteiger partial charge in [0.15, 0.2) is 0 Å². The van der Waals surface area contributed by atoms with Gasteiger partial charge in [-0.25, -0.2) is 4.57 Å². The van der Waals surface area contributed by atoms with E-state index >= 15 is 0 Å². The van der Waals surface area contributed by atoms with Crippen LogP contribution in [0.3, 0.4) is 0 Å². The van der Waals surface area contributed by atoms with Crippen molar-refractivity contribution < 1.29 is 43.0 Å². The Bertz CT molecular complexity index is 1330. The number of aliphatic hydroxyl groups is 2. The molecule has 0 saturated heterocycles. The molecule has 0 bridgehead atoms. The second kappa shape index (κ2) is 47.6. The van der Waals surface area contributed by atoms with E-state index in [0.29, 0.717) is 13.0 Å². The van der Waals surface area contributed by atoms with Gasteiger partial charge in [0.05, 0.1) is 26.4 Å². The Balaban J connectivity index is 4.28. The van der Waals surface area contributed by atoms with Gasteiger partial charge in [-0.1, -0.05) is 181 Å². The normalized spacial score (nSPS) is 14.9. The molecule has 0 fully saturated rings. The minimum Gasteiger partial charge on any atom is -0.457 e. The molecule has 10 heteroatoms. The minimum absolute atomic E-state index is 0.00449. The van der Waals surface area contributed by atoms with Crippen LogP contribution in [0.4, 0.5) is 0 Å².